The van der Waals surface area contributed by atoms with Crippen LogP contribution in [0.5, 0.6) is 0 Å². The number of hydrogen-bond donors (Lipinski definition) is 1. The van der Waals surface area contributed by atoms with Gasteiger partial charge in [0.1, 0.15) is 11.5 Å². The number of rotatable bonds is 4. The van der Waals surface area contributed by atoms with E-state index in [1.165, 1.54) is 6.07 Å². The van der Waals surface area contributed by atoms with Gasteiger partial charge in [0.2, 0.25) is 0 Å². The fourth-order valence-electron chi connectivity index (χ4n) is 3.32. The van der Waals surface area contributed by atoms with E-state index in [1.807, 2.05) is 6.92 Å². The van der Waals surface area contributed by atoms with Crippen molar-refractivity contribution in [1.82, 2.24) is 4.98 Å². The molecule has 1 heterocycles. The molecule has 1 saturated carbocycles. The van der Waals surface area contributed by atoms with Crippen molar-refractivity contribution >= 4 is 11.8 Å². The summed E-state index contributed by atoms with van der Waals surface area (Å²) in [6.07, 6.45) is -0.987. The largest absolute Gasteiger partial charge is 0.463 e. The Morgan fingerprint density at radius 1 is 1.28 bits per heavy atom. The van der Waals surface area contributed by atoms with E-state index < -0.39 is 11.9 Å². The summed E-state index contributed by atoms with van der Waals surface area (Å²) in [5.41, 5.74) is 7.24. The predicted molar refractivity (Wildman–Crippen MR) is 88.8 cm³/mol. The van der Waals surface area contributed by atoms with Crippen LogP contribution in [0.15, 0.2) is 23.3 Å². The summed E-state index contributed by atoms with van der Waals surface area (Å²) in [7, 11) is 0. The molecule has 0 amide bonds. The van der Waals surface area contributed by atoms with Crippen LogP contribution in [-0.4, -0.2) is 17.6 Å². The number of esters is 1. The van der Waals surface area contributed by atoms with Crippen molar-refractivity contribution in [2.45, 2.75) is 58.0 Å². The summed E-state index contributed by atoms with van der Waals surface area (Å²) in [6.45, 7) is 4.03. The fourth-order valence-corrected chi connectivity index (χ4v) is 3.32. The third kappa shape index (κ3) is 4.52. The molecule has 1 fully saturated rings. The number of nitrogen functional groups attached to an aromatic ring is 1. The molecule has 25 heavy (non-hydrogen) atoms. The van der Waals surface area contributed by atoms with Gasteiger partial charge >= 0.3 is 12.1 Å². The first-order valence-electron chi connectivity index (χ1n) is 8.49. The summed E-state index contributed by atoms with van der Waals surface area (Å²) in [4.78, 5) is 15.5. The van der Waals surface area contributed by atoms with Gasteiger partial charge in [-0.3, -0.25) is 0 Å². The van der Waals surface area contributed by atoms with Gasteiger partial charge in [-0.05, 0) is 56.6 Å². The number of pyridine rings is 1. The Labute approximate surface area is 145 Å². The molecule has 0 unspecified atom stereocenters. The topological polar surface area (TPSA) is 65.2 Å². The highest BCUT2D eigenvalue weighted by Crippen LogP contribution is 2.40. The zero-order valence-corrected chi connectivity index (χ0v) is 14.4. The third-order valence-electron chi connectivity index (χ3n) is 4.58. The van der Waals surface area contributed by atoms with Crippen molar-refractivity contribution in [1.29, 1.82) is 0 Å². The van der Waals surface area contributed by atoms with Gasteiger partial charge in [0, 0.05) is 5.57 Å². The van der Waals surface area contributed by atoms with E-state index in [0.29, 0.717) is 31.4 Å². The van der Waals surface area contributed by atoms with Gasteiger partial charge < -0.3 is 10.5 Å². The van der Waals surface area contributed by atoms with Crippen molar-refractivity contribution in [2.75, 3.05) is 12.3 Å². The smallest absolute Gasteiger partial charge is 0.433 e. The molecule has 7 heteroatoms. The molecule has 4 nitrogen and oxygen atoms in total. The summed E-state index contributed by atoms with van der Waals surface area (Å²) in [5.74, 6) is -0.277. The van der Waals surface area contributed by atoms with Crippen LogP contribution in [0.4, 0.5) is 19.0 Å². The Balaban J connectivity index is 2.13. The summed E-state index contributed by atoms with van der Waals surface area (Å²) in [6, 6.07) is 2.41. The number of nitrogens with zero attached hydrogens (tertiary/aromatic N) is 1. The van der Waals surface area contributed by atoms with E-state index in [2.05, 4.69) is 4.98 Å². The number of aromatic nitrogens is 1. The van der Waals surface area contributed by atoms with Crippen molar-refractivity contribution in [3.8, 4) is 0 Å². The first-order chi connectivity index (χ1) is 11.8. The maximum Gasteiger partial charge on any atom is 0.433 e. The lowest BCUT2D eigenvalue weighted by molar-refractivity contribution is -0.141. The molecule has 1 aromatic rings. The minimum absolute atomic E-state index is 0.0545. The lowest BCUT2D eigenvalue weighted by atomic mass is 9.80. The highest BCUT2D eigenvalue weighted by molar-refractivity contribution is 5.89. The number of allylic oxidation sites excluding steroid dienone is 1. The number of carbonyl (C=O) groups excluding carboxylic acids is 1. The highest BCUT2D eigenvalue weighted by atomic mass is 19.4. The second-order valence-electron chi connectivity index (χ2n) is 6.10. The third-order valence-corrected chi connectivity index (χ3v) is 4.58. The number of nitrogens with two attached hydrogens (primary N) is 1. The Morgan fingerprint density at radius 2 is 1.92 bits per heavy atom. The van der Waals surface area contributed by atoms with Crippen molar-refractivity contribution in [3.63, 3.8) is 0 Å². The number of carbonyl (C=O) groups is 1. The van der Waals surface area contributed by atoms with E-state index in [1.54, 1.807) is 6.92 Å². The van der Waals surface area contributed by atoms with Crippen LogP contribution in [0.3, 0.4) is 0 Å². The van der Waals surface area contributed by atoms with Gasteiger partial charge in [-0.2, -0.15) is 13.2 Å². The Hall–Kier alpha value is -2.05. The molecule has 0 saturated heterocycles. The fraction of sp³-hybridized carbons (Fsp3) is 0.556. The lowest BCUT2D eigenvalue weighted by Crippen LogP contribution is -2.16. The van der Waals surface area contributed by atoms with Crippen LogP contribution < -0.4 is 5.73 Å². The molecule has 2 N–H and O–H groups in total. The zero-order valence-electron chi connectivity index (χ0n) is 14.4. The highest BCUT2D eigenvalue weighted by Gasteiger charge is 2.33. The molecule has 2 rings (SSSR count). The van der Waals surface area contributed by atoms with Gasteiger partial charge in [-0.1, -0.05) is 18.6 Å². The Morgan fingerprint density at radius 3 is 2.40 bits per heavy atom. The van der Waals surface area contributed by atoms with E-state index >= 15 is 0 Å². The van der Waals surface area contributed by atoms with Crippen molar-refractivity contribution in [3.05, 3.63) is 34.5 Å². The molecular formula is C18H23F3N2O2. The molecule has 1 aliphatic carbocycles. The normalized spacial score (nSPS) is 18.1. The molecule has 1 aliphatic rings. The minimum atomic E-state index is -4.50. The van der Waals surface area contributed by atoms with Gasteiger partial charge in [-0.25, -0.2) is 9.78 Å². The molecule has 0 aliphatic heterocycles. The quantitative estimate of drug-likeness (QED) is 0.632. The molecule has 0 atom stereocenters. The first-order valence-corrected chi connectivity index (χ1v) is 8.49. The molecule has 138 valence electrons. The summed E-state index contributed by atoms with van der Waals surface area (Å²) in [5, 5.41) is 0. The Kier molecular flexibility index (Phi) is 6.08. The van der Waals surface area contributed by atoms with Crippen LogP contribution in [0, 0.1) is 0 Å². The second kappa shape index (κ2) is 7.89. The van der Waals surface area contributed by atoms with Crippen molar-refractivity contribution < 1.29 is 22.7 Å². The van der Waals surface area contributed by atoms with Gasteiger partial charge in [0.05, 0.1) is 6.61 Å². The van der Waals surface area contributed by atoms with Crippen molar-refractivity contribution in [2.24, 2.45) is 0 Å². The van der Waals surface area contributed by atoms with Gasteiger partial charge in [0.25, 0.3) is 0 Å². The number of anilines is 1. The standard InChI is InChI=1S/C18H23F3N2O2/c1-3-13(17(24)25-4-2)11-5-7-12(8-6-11)14-9-10-15(18(19,20)21)23-16(14)22/h9-10,12H,3-8H2,1-2H3,(H2,22,23). The van der Waals surface area contributed by atoms with E-state index in [9.17, 15) is 18.0 Å². The van der Waals surface area contributed by atoms with Crippen LogP contribution in [0.25, 0.3) is 0 Å². The minimum Gasteiger partial charge on any atom is -0.463 e. The zero-order chi connectivity index (χ0) is 18.6. The monoisotopic (exact) mass is 356 g/mol. The number of hydrogen-bond acceptors (Lipinski definition) is 4. The predicted octanol–water partition coefficient (Wildman–Crippen LogP) is 4.61. The van der Waals surface area contributed by atoms with E-state index in [0.717, 1.165) is 30.1 Å². The molecule has 0 bridgehead atoms. The average molecular weight is 356 g/mol. The van der Waals surface area contributed by atoms with Crippen LogP contribution in [0.2, 0.25) is 0 Å². The van der Waals surface area contributed by atoms with Gasteiger partial charge in [-0.15, -0.1) is 0 Å². The first kappa shape index (κ1) is 19.3. The molecule has 0 radical (unpaired) electrons. The van der Waals surface area contributed by atoms with E-state index in [-0.39, 0.29) is 17.7 Å². The molecule has 0 aromatic carbocycles. The van der Waals surface area contributed by atoms with Gasteiger partial charge in [0.15, 0.2) is 0 Å². The van der Waals surface area contributed by atoms with Crippen LogP contribution >= 0.6 is 0 Å². The average Bonchev–Trinajstić information content (AvgIpc) is 2.56. The van der Waals surface area contributed by atoms with E-state index in [4.69, 9.17) is 10.5 Å². The van der Waals surface area contributed by atoms with Crippen LogP contribution in [-0.2, 0) is 15.7 Å². The summed E-state index contributed by atoms with van der Waals surface area (Å²) >= 11 is 0. The SMILES string of the molecule is CCOC(=O)C(CC)=C1CCC(c2ccc(C(F)(F)F)nc2N)CC1. The maximum atomic E-state index is 12.7. The number of alkyl halides is 3. The maximum absolute atomic E-state index is 12.7. The Bertz CT molecular complexity index is 659. The lowest BCUT2D eigenvalue weighted by Gasteiger charge is -2.26. The molecular weight excluding hydrogens is 333 g/mol. The van der Waals surface area contributed by atoms with Crippen LogP contribution in [0.1, 0.15) is 63.1 Å². The molecule has 0 spiro atoms. The number of halogens is 3. The number of ether oxygens (including phenoxy) is 1. The summed E-state index contributed by atoms with van der Waals surface area (Å²) < 4.78 is 43.2. The second-order valence-corrected chi connectivity index (χ2v) is 6.10. The molecule has 1 aromatic heterocycles.